The summed E-state index contributed by atoms with van der Waals surface area (Å²) in [6.07, 6.45) is 0.421. The Bertz CT molecular complexity index is 725. The van der Waals surface area contributed by atoms with E-state index >= 15 is 0 Å². The lowest BCUT2D eigenvalue weighted by molar-refractivity contribution is -0.120. The van der Waals surface area contributed by atoms with Gasteiger partial charge in [0.2, 0.25) is 5.91 Å². The van der Waals surface area contributed by atoms with Crippen LogP contribution in [-0.4, -0.2) is 12.0 Å². The van der Waals surface area contributed by atoms with Crippen LogP contribution in [0.2, 0.25) is 0 Å². The number of para-hydroxylation sites is 1. The molecule has 2 N–H and O–H groups in total. The van der Waals surface area contributed by atoms with E-state index in [1.165, 1.54) is 11.1 Å². The van der Waals surface area contributed by atoms with Gasteiger partial charge in [0.1, 0.15) is 5.75 Å². The van der Waals surface area contributed by atoms with Crippen LogP contribution < -0.4 is 15.4 Å². The maximum Gasteiger partial charge on any atom is 0.224 e. The van der Waals surface area contributed by atoms with E-state index in [1.807, 2.05) is 38.1 Å². The first-order valence-electron chi connectivity index (χ1n) is 8.44. The van der Waals surface area contributed by atoms with Gasteiger partial charge in [0.05, 0.1) is 12.5 Å². The highest BCUT2D eigenvalue weighted by molar-refractivity contribution is 5.79. The van der Waals surface area contributed by atoms with Crippen molar-refractivity contribution in [2.45, 2.75) is 46.0 Å². The first kappa shape index (κ1) is 16.5. The molecule has 0 radical (unpaired) electrons. The van der Waals surface area contributed by atoms with Gasteiger partial charge in [-0.05, 0) is 36.6 Å². The third-order valence-electron chi connectivity index (χ3n) is 4.08. The summed E-state index contributed by atoms with van der Waals surface area (Å²) in [5, 5.41) is 6.34. The number of rotatable bonds is 6. The third-order valence-corrected chi connectivity index (χ3v) is 4.08. The summed E-state index contributed by atoms with van der Waals surface area (Å²) in [5.41, 5.74) is 4.74. The molecule has 4 nitrogen and oxygen atoms in total. The Labute approximate surface area is 143 Å². The van der Waals surface area contributed by atoms with Crippen LogP contribution >= 0.6 is 0 Å². The molecule has 0 saturated heterocycles. The topological polar surface area (TPSA) is 50.4 Å². The number of benzene rings is 2. The number of nitrogens with one attached hydrogen (secondary N) is 2. The first-order valence-corrected chi connectivity index (χ1v) is 8.44. The van der Waals surface area contributed by atoms with Gasteiger partial charge in [0.15, 0.2) is 0 Å². The lowest BCUT2D eigenvalue weighted by Crippen LogP contribution is -2.25. The monoisotopic (exact) mass is 324 g/mol. The summed E-state index contributed by atoms with van der Waals surface area (Å²) >= 11 is 0. The second-order valence-corrected chi connectivity index (χ2v) is 6.43. The van der Waals surface area contributed by atoms with Crippen molar-refractivity contribution in [3.05, 3.63) is 64.7 Å². The van der Waals surface area contributed by atoms with Crippen LogP contribution in [0.4, 0.5) is 0 Å². The van der Waals surface area contributed by atoms with Gasteiger partial charge in [0, 0.05) is 25.2 Å². The minimum Gasteiger partial charge on any atom is -0.491 e. The fraction of sp³-hybridized carbons (Fsp3) is 0.350. The average molecular weight is 324 g/mol. The van der Waals surface area contributed by atoms with E-state index in [0.717, 1.165) is 30.0 Å². The predicted octanol–water partition coefficient (Wildman–Crippen LogP) is 2.94. The molecule has 2 aromatic carbocycles. The van der Waals surface area contributed by atoms with E-state index < -0.39 is 0 Å². The minimum absolute atomic E-state index is 0.00781. The molecular weight excluding hydrogens is 300 g/mol. The van der Waals surface area contributed by atoms with Gasteiger partial charge >= 0.3 is 0 Å². The van der Waals surface area contributed by atoms with Crippen molar-refractivity contribution in [1.82, 2.24) is 10.6 Å². The largest absolute Gasteiger partial charge is 0.491 e. The van der Waals surface area contributed by atoms with E-state index in [2.05, 4.69) is 28.8 Å². The predicted molar refractivity (Wildman–Crippen MR) is 94.7 cm³/mol. The van der Waals surface area contributed by atoms with Crippen molar-refractivity contribution in [1.29, 1.82) is 0 Å². The molecule has 0 atom stereocenters. The number of amides is 1. The first-order chi connectivity index (χ1) is 11.6. The molecule has 0 fully saturated rings. The van der Waals surface area contributed by atoms with E-state index in [1.54, 1.807) is 0 Å². The van der Waals surface area contributed by atoms with Crippen molar-refractivity contribution in [2.75, 3.05) is 0 Å². The second kappa shape index (κ2) is 7.49. The molecule has 4 heteroatoms. The molecule has 0 aromatic heterocycles. The number of hydrogen-bond donors (Lipinski definition) is 2. The minimum atomic E-state index is 0.00781. The molecule has 1 aliphatic rings. The quantitative estimate of drug-likeness (QED) is 0.859. The van der Waals surface area contributed by atoms with Crippen LogP contribution in [-0.2, 0) is 30.8 Å². The second-order valence-electron chi connectivity index (χ2n) is 6.43. The Morgan fingerprint density at radius 1 is 1.17 bits per heavy atom. The standard InChI is InChI=1S/C20H24N2O2/c1-14(2)24-19-6-4-3-5-16(19)10-20(23)22-11-15-7-8-17-12-21-13-18(17)9-15/h3-9,14,21H,10-13H2,1-2H3,(H,22,23). The van der Waals surface area contributed by atoms with Gasteiger partial charge in [-0.1, -0.05) is 36.4 Å². The highest BCUT2D eigenvalue weighted by atomic mass is 16.5. The van der Waals surface area contributed by atoms with E-state index in [4.69, 9.17) is 4.74 Å². The number of hydrogen-bond acceptors (Lipinski definition) is 3. The lowest BCUT2D eigenvalue weighted by Gasteiger charge is -2.14. The van der Waals surface area contributed by atoms with Gasteiger partial charge < -0.3 is 15.4 Å². The van der Waals surface area contributed by atoms with Gasteiger partial charge in [-0.3, -0.25) is 4.79 Å². The number of carbonyl (C=O) groups excluding carboxylic acids is 1. The highest BCUT2D eigenvalue weighted by Crippen LogP contribution is 2.20. The smallest absolute Gasteiger partial charge is 0.224 e. The summed E-state index contributed by atoms with van der Waals surface area (Å²) in [5.74, 6) is 0.791. The molecule has 0 spiro atoms. The van der Waals surface area contributed by atoms with Crippen molar-refractivity contribution in [2.24, 2.45) is 0 Å². The zero-order chi connectivity index (χ0) is 16.9. The van der Waals surface area contributed by atoms with E-state index in [-0.39, 0.29) is 12.0 Å². The molecule has 1 aliphatic heterocycles. The van der Waals surface area contributed by atoms with Crippen LogP contribution in [0.15, 0.2) is 42.5 Å². The van der Waals surface area contributed by atoms with Crippen LogP contribution in [0, 0.1) is 0 Å². The third kappa shape index (κ3) is 4.15. The Morgan fingerprint density at radius 2 is 1.96 bits per heavy atom. The molecule has 0 aliphatic carbocycles. The molecule has 126 valence electrons. The molecule has 3 rings (SSSR count). The highest BCUT2D eigenvalue weighted by Gasteiger charge is 2.12. The summed E-state index contributed by atoms with van der Waals surface area (Å²) in [4.78, 5) is 12.3. The van der Waals surface area contributed by atoms with Gasteiger partial charge in [-0.25, -0.2) is 0 Å². The molecule has 1 heterocycles. The van der Waals surface area contributed by atoms with E-state index in [9.17, 15) is 4.79 Å². The van der Waals surface area contributed by atoms with Crippen LogP contribution in [0.25, 0.3) is 0 Å². The van der Waals surface area contributed by atoms with Crippen LogP contribution in [0.3, 0.4) is 0 Å². The molecule has 0 saturated carbocycles. The zero-order valence-corrected chi connectivity index (χ0v) is 14.3. The van der Waals surface area contributed by atoms with Crippen molar-refractivity contribution >= 4 is 5.91 Å². The summed E-state index contributed by atoms with van der Waals surface area (Å²) < 4.78 is 5.77. The molecule has 24 heavy (non-hydrogen) atoms. The lowest BCUT2D eigenvalue weighted by atomic mass is 10.1. The Hall–Kier alpha value is -2.33. The number of fused-ring (bicyclic) bond motifs is 1. The maximum atomic E-state index is 12.3. The van der Waals surface area contributed by atoms with Gasteiger partial charge in [-0.15, -0.1) is 0 Å². The molecule has 2 aromatic rings. The maximum absolute atomic E-state index is 12.3. The molecule has 1 amide bonds. The van der Waals surface area contributed by atoms with Crippen molar-refractivity contribution < 1.29 is 9.53 Å². The molecule has 0 bridgehead atoms. The van der Waals surface area contributed by atoms with E-state index in [0.29, 0.717) is 13.0 Å². The van der Waals surface area contributed by atoms with Crippen LogP contribution in [0.1, 0.15) is 36.1 Å². The normalized spacial score (nSPS) is 13.0. The Kier molecular flexibility index (Phi) is 5.16. The summed E-state index contributed by atoms with van der Waals surface area (Å²) in [6, 6.07) is 14.1. The van der Waals surface area contributed by atoms with Gasteiger partial charge in [0.25, 0.3) is 0 Å². The van der Waals surface area contributed by atoms with Crippen molar-refractivity contribution in [3.8, 4) is 5.75 Å². The fourth-order valence-corrected chi connectivity index (χ4v) is 2.91. The molecule has 0 unspecified atom stereocenters. The SMILES string of the molecule is CC(C)Oc1ccccc1CC(=O)NCc1ccc2c(c1)CNC2. The Morgan fingerprint density at radius 3 is 2.79 bits per heavy atom. The Balaban J connectivity index is 1.58. The van der Waals surface area contributed by atoms with Gasteiger partial charge in [-0.2, -0.15) is 0 Å². The fourth-order valence-electron chi connectivity index (χ4n) is 2.91. The number of carbonyl (C=O) groups is 1. The summed E-state index contributed by atoms with van der Waals surface area (Å²) in [6.45, 7) is 6.38. The average Bonchev–Trinajstić information content (AvgIpc) is 3.02. The zero-order valence-electron chi connectivity index (χ0n) is 14.3. The summed E-state index contributed by atoms with van der Waals surface area (Å²) in [7, 11) is 0. The van der Waals surface area contributed by atoms with Crippen molar-refractivity contribution in [3.63, 3.8) is 0 Å². The molecular formula is C20H24N2O2. The van der Waals surface area contributed by atoms with Crippen LogP contribution in [0.5, 0.6) is 5.75 Å². The number of ether oxygens (including phenoxy) is 1.